The smallest absolute Gasteiger partial charge is 0.254 e. The Morgan fingerprint density at radius 1 is 1.15 bits per heavy atom. The highest BCUT2D eigenvalue weighted by Gasteiger charge is 2.33. The lowest BCUT2D eigenvalue weighted by atomic mass is 10.1. The molecule has 1 aromatic heterocycles. The third kappa shape index (κ3) is 4.12. The van der Waals surface area contributed by atoms with E-state index in [0.29, 0.717) is 37.6 Å². The van der Waals surface area contributed by atoms with Crippen LogP contribution in [0.3, 0.4) is 0 Å². The fraction of sp³-hybridized carbons (Fsp3) is 0.368. The number of aromatic nitrogens is 1. The Balaban J connectivity index is 1.60. The molecule has 2 heterocycles. The number of ether oxygens (including phenoxy) is 1. The van der Waals surface area contributed by atoms with Crippen molar-refractivity contribution in [2.45, 2.75) is 24.8 Å². The molecule has 1 amide bonds. The minimum absolute atomic E-state index is 0.0776. The number of sulfonamides is 1. The van der Waals surface area contributed by atoms with Crippen molar-refractivity contribution in [1.29, 1.82) is 0 Å². The molecule has 0 spiro atoms. The zero-order valence-electron chi connectivity index (χ0n) is 15.4. The van der Waals surface area contributed by atoms with Crippen molar-refractivity contribution in [2.24, 2.45) is 0 Å². The zero-order valence-corrected chi connectivity index (χ0v) is 16.2. The third-order valence-corrected chi connectivity index (χ3v) is 6.57. The van der Waals surface area contributed by atoms with Gasteiger partial charge in [0, 0.05) is 30.9 Å². The van der Waals surface area contributed by atoms with Gasteiger partial charge < -0.3 is 9.64 Å². The van der Waals surface area contributed by atoms with Gasteiger partial charge in [-0.2, -0.15) is 4.31 Å². The first-order valence-corrected chi connectivity index (χ1v) is 10.4. The maximum atomic E-state index is 12.5. The predicted molar refractivity (Wildman–Crippen MR) is 101 cm³/mol. The Kier molecular flexibility index (Phi) is 5.76. The van der Waals surface area contributed by atoms with Gasteiger partial charge in [-0.05, 0) is 30.3 Å². The first kappa shape index (κ1) is 19.3. The number of carbonyl (C=O) groups is 1. The van der Waals surface area contributed by atoms with E-state index in [0.717, 1.165) is 0 Å². The predicted octanol–water partition coefficient (Wildman–Crippen LogP) is 2.02. The highest BCUT2D eigenvalue weighted by atomic mass is 32.2. The van der Waals surface area contributed by atoms with Gasteiger partial charge in [0.1, 0.15) is 6.10 Å². The molecule has 0 saturated carbocycles. The second kappa shape index (κ2) is 8.06. The van der Waals surface area contributed by atoms with E-state index in [1.807, 2.05) is 12.1 Å². The molecule has 1 saturated heterocycles. The van der Waals surface area contributed by atoms with Crippen LogP contribution in [0.15, 0.2) is 53.6 Å². The molecule has 144 valence electrons. The average Bonchev–Trinajstić information content (AvgIpc) is 2.65. The van der Waals surface area contributed by atoms with Crippen LogP contribution in [0.25, 0.3) is 0 Å². The fourth-order valence-corrected chi connectivity index (χ4v) is 4.39. The minimum atomic E-state index is -3.52. The largest absolute Gasteiger partial charge is 0.471 e. The van der Waals surface area contributed by atoms with Crippen LogP contribution >= 0.6 is 0 Å². The summed E-state index contributed by atoms with van der Waals surface area (Å²) in [5, 5.41) is 0. The number of carbonyl (C=O) groups excluding carboxylic acids is 1. The summed E-state index contributed by atoms with van der Waals surface area (Å²) >= 11 is 0. The molecule has 0 aliphatic carbocycles. The Morgan fingerprint density at radius 3 is 2.37 bits per heavy atom. The van der Waals surface area contributed by atoms with E-state index in [-0.39, 0.29) is 16.9 Å². The SMILES string of the molecule is CCN(CC)S(=O)(=O)c1ccc(C(=O)N2CC(Oc3ccccn3)C2)cc1. The second-order valence-corrected chi connectivity index (χ2v) is 8.17. The van der Waals surface area contributed by atoms with Crippen molar-refractivity contribution in [3.05, 3.63) is 54.2 Å². The number of benzene rings is 1. The quantitative estimate of drug-likeness (QED) is 0.724. The fourth-order valence-electron chi connectivity index (χ4n) is 2.93. The molecule has 0 atom stereocenters. The summed E-state index contributed by atoms with van der Waals surface area (Å²) in [5.41, 5.74) is 0.463. The summed E-state index contributed by atoms with van der Waals surface area (Å²) in [6.45, 7) is 5.37. The van der Waals surface area contributed by atoms with Crippen LogP contribution in [0.5, 0.6) is 5.88 Å². The van der Waals surface area contributed by atoms with Gasteiger partial charge in [0.05, 0.1) is 18.0 Å². The minimum Gasteiger partial charge on any atom is -0.471 e. The second-order valence-electron chi connectivity index (χ2n) is 6.23. The summed E-state index contributed by atoms with van der Waals surface area (Å²) in [6, 6.07) is 11.5. The van der Waals surface area contributed by atoms with Crippen LogP contribution in [-0.4, -0.2) is 60.8 Å². The molecule has 0 radical (unpaired) electrons. The number of amides is 1. The molecule has 2 aromatic rings. The van der Waals surface area contributed by atoms with E-state index >= 15 is 0 Å². The van der Waals surface area contributed by atoms with Crippen LogP contribution in [0, 0.1) is 0 Å². The van der Waals surface area contributed by atoms with Gasteiger partial charge in [-0.15, -0.1) is 0 Å². The maximum Gasteiger partial charge on any atom is 0.254 e. The summed E-state index contributed by atoms with van der Waals surface area (Å²) < 4.78 is 32.1. The molecule has 1 aromatic carbocycles. The van der Waals surface area contributed by atoms with Crippen molar-refractivity contribution in [3.63, 3.8) is 0 Å². The van der Waals surface area contributed by atoms with Gasteiger partial charge in [0.15, 0.2) is 0 Å². The lowest BCUT2D eigenvalue weighted by Crippen LogP contribution is -2.56. The third-order valence-electron chi connectivity index (χ3n) is 4.50. The van der Waals surface area contributed by atoms with Gasteiger partial charge in [0.2, 0.25) is 15.9 Å². The summed E-state index contributed by atoms with van der Waals surface area (Å²) in [6.07, 6.45) is 1.58. The van der Waals surface area contributed by atoms with Crippen molar-refractivity contribution in [1.82, 2.24) is 14.2 Å². The summed E-state index contributed by atoms with van der Waals surface area (Å²) in [7, 11) is -3.52. The van der Waals surface area contributed by atoms with Gasteiger partial charge >= 0.3 is 0 Å². The zero-order chi connectivity index (χ0) is 19.4. The van der Waals surface area contributed by atoms with Crippen molar-refractivity contribution < 1.29 is 17.9 Å². The molecule has 0 N–H and O–H groups in total. The van der Waals surface area contributed by atoms with Crippen LogP contribution in [0.4, 0.5) is 0 Å². The molecule has 27 heavy (non-hydrogen) atoms. The van der Waals surface area contributed by atoms with Crippen LogP contribution in [0.1, 0.15) is 24.2 Å². The number of likely N-dealkylation sites (tertiary alicyclic amines) is 1. The Labute approximate surface area is 159 Å². The highest BCUT2D eigenvalue weighted by Crippen LogP contribution is 2.20. The van der Waals surface area contributed by atoms with E-state index < -0.39 is 10.0 Å². The normalized spacial score (nSPS) is 14.9. The number of rotatable bonds is 7. The first-order valence-electron chi connectivity index (χ1n) is 8.93. The number of nitrogens with zero attached hydrogens (tertiary/aromatic N) is 3. The summed E-state index contributed by atoms with van der Waals surface area (Å²) in [4.78, 5) is 18.5. The Hall–Kier alpha value is -2.45. The van der Waals surface area contributed by atoms with Crippen LogP contribution in [-0.2, 0) is 10.0 Å². The van der Waals surface area contributed by atoms with Gasteiger partial charge in [-0.1, -0.05) is 19.9 Å². The topological polar surface area (TPSA) is 79.8 Å². The molecule has 8 heteroatoms. The van der Waals surface area contributed by atoms with Crippen molar-refractivity contribution in [3.8, 4) is 5.88 Å². The number of pyridine rings is 1. The molecule has 1 fully saturated rings. The molecule has 0 bridgehead atoms. The number of hydrogen-bond acceptors (Lipinski definition) is 5. The number of hydrogen-bond donors (Lipinski definition) is 0. The monoisotopic (exact) mass is 389 g/mol. The molecule has 7 nitrogen and oxygen atoms in total. The van der Waals surface area contributed by atoms with Gasteiger partial charge in [-0.25, -0.2) is 13.4 Å². The van der Waals surface area contributed by atoms with E-state index in [4.69, 9.17) is 4.74 Å². The highest BCUT2D eigenvalue weighted by molar-refractivity contribution is 7.89. The average molecular weight is 389 g/mol. The van der Waals surface area contributed by atoms with Gasteiger partial charge in [0.25, 0.3) is 5.91 Å². The lowest BCUT2D eigenvalue weighted by molar-refractivity contribution is 0.0160. The molecule has 1 aliphatic heterocycles. The van der Waals surface area contributed by atoms with E-state index in [1.54, 1.807) is 43.1 Å². The maximum absolute atomic E-state index is 12.5. The molecule has 1 aliphatic rings. The van der Waals surface area contributed by atoms with Crippen LogP contribution in [0.2, 0.25) is 0 Å². The first-order chi connectivity index (χ1) is 13.0. The summed E-state index contributed by atoms with van der Waals surface area (Å²) in [5.74, 6) is 0.406. The van der Waals surface area contributed by atoms with Gasteiger partial charge in [-0.3, -0.25) is 4.79 Å². The standard InChI is InChI=1S/C19H23N3O4S/c1-3-22(4-2)27(24,25)17-10-8-15(9-11-17)19(23)21-13-16(14-21)26-18-7-5-6-12-20-18/h5-12,16H,3-4,13-14H2,1-2H3. The van der Waals surface area contributed by atoms with Crippen LogP contribution < -0.4 is 4.74 Å². The molecular formula is C19H23N3O4S. The molecular weight excluding hydrogens is 366 g/mol. The van der Waals surface area contributed by atoms with E-state index in [1.165, 1.54) is 16.4 Å². The van der Waals surface area contributed by atoms with E-state index in [9.17, 15) is 13.2 Å². The van der Waals surface area contributed by atoms with Crippen molar-refractivity contribution in [2.75, 3.05) is 26.2 Å². The Morgan fingerprint density at radius 2 is 1.81 bits per heavy atom. The van der Waals surface area contributed by atoms with E-state index in [2.05, 4.69) is 4.98 Å². The molecule has 3 rings (SSSR count). The molecule has 0 unspecified atom stereocenters. The van der Waals surface area contributed by atoms with Crippen molar-refractivity contribution >= 4 is 15.9 Å². The lowest BCUT2D eigenvalue weighted by Gasteiger charge is -2.38. The Bertz CT molecular complexity index is 875.